The zero-order valence-electron chi connectivity index (χ0n) is 8.59. The maximum Gasteiger partial charge on any atom is 0.0834 e. The normalized spacial score (nSPS) is 27.5. The molecule has 2 atom stereocenters. The highest BCUT2D eigenvalue weighted by atomic mass is 16.5. The van der Waals surface area contributed by atoms with Crippen LogP contribution in [0.5, 0.6) is 0 Å². The van der Waals surface area contributed by atoms with Crippen molar-refractivity contribution in [1.82, 2.24) is 0 Å². The molecular formula is C10H20O2. The van der Waals surface area contributed by atoms with Crippen LogP contribution >= 0.6 is 0 Å². The smallest absolute Gasteiger partial charge is 0.0834 e. The lowest BCUT2D eigenvalue weighted by atomic mass is 9.90. The van der Waals surface area contributed by atoms with Gasteiger partial charge in [-0.05, 0) is 18.8 Å². The predicted molar refractivity (Wildman–Crippen MR) is 49.2 cm³/mol. The molecule has 0 radical (unpaired) electrons. The van der Waals surface area contributed by atoms with Gasteiger partial charge in [-0.1, -0.05) is 20.8 Å². The van der Waals surface area contributed by atoms with E-state index in [0.717, 1.165) is 19.6 Å². The summed E-state index contributed by atoms with van der Waals surface area (Å²) in [6.45, 7) is 10.4. The van der Waals surface area contributed by atoms with Crippen LogP contribution in [-0.2, 0) is 9.47 Å². The summed E-state index contributed by atoms with van der Waals surface area (Å²) >= 11 is 0. The van der Waals surface area contributed by atoms with Gasteiger partial charge in [-0.3, -0.25) is 0 Å². The highest BCUT2D eigenvalue weighted by Crippen LogP contribution is 2.24. The Morgan fingerprint density at radius 1 is 1.42 bits per heavy atom. The van der Waals surface area contributed by atoms with Crippen LogP contribution in [0.1, 0.15) is 34.1 Å². The molecule has 0 bridgehead atoms. The van der Waals surface area contributed by atoms with Gasteiger partial charge in [0, 0.05) is 6.61 Å². The SMILES string of the molecule is CC(OC1CCOC1)C(C)(C)C. The van der Waals surface area contributed by atoms with Crippen molar-refractivity contribution in [1.29, 1.82) is 0 Å². The van der Waals surface area contributed by atoms with Crippen LogP contribution < -0.4 is 0 Å². The third-order valence-corrected chi connectivity index (χ3v) is 2.50. The Morgan fingerprint density at radius 2 is 2.08 bits per heavy atom. The Morgan fingerprint density at radius 3 is 2.50 bits per heavy atom. The largest absolute Gasteiger partial charge is 0.379 e. The summed E-state index contributed by atoms with van der Waals surface area (Å²) < 4.78 is 11.1. The maximum atomic E-state index is 5.85. The van der Waals surface area contributed by atoms with E-state index < -0.39 is 0 Å². The molecule has 1 fully saturated rings. The van der Waals surface area contributed by atoms with Gasteiger partial charge in [-0.2, -0.15) is 0 Å². The van der Waals surface area contributed by atoms with Gasteiger partial charge < -0.3 is 9.47 Å². The quantitative estimate of drug-likeness (QED) is 0.636. The lowest BCUT2D eigenvalue weighted by molar-refractivity contribution is -0.0565. The summed E-state index contributed by atoms with van der Waals surface area (Å²) in [5.74, 6) is 0. The van der Waals surface area contributed by atoms with Gasteiger partial charge in [0.25, 0.3) is 0 Å². The van der Waals surface area contributed by atoms with Crippen molar-refractivity contribution < 1.29 is 9.47 Å². The van der Waals surface area contributed by atoms with Crippen LogP contribution in [-0.4, -0.2) is 25.4 Å². The van der Waals surface area contributed by atoms with Crippen molar-refractivity contribution in [2.75, 3.05) is 13.2 Å². The second-order valence-corrected chi connectivity index (χ2v) is 4.63. The molecule has 0 aliphatic carbocycles. The molecule has 0 amide bonds. The van der Waals surface area contributed by atoms with E-state index in [2.05, 4.69) is 27.7 Å². The van der Waals surface area contributed by atoms with Crippen molar-refractivity contribution >= 4 is 0 Å². The Bertz CT molecular complexity index is 131. The summed E-state index contributed by atoms with van der Waals surface area (Å²) in [6.07, 6.45) is 1.70. The Kier molecular flexibility index (Phi) is 3.13. The van der Waals surface area contributed by atoms with Crippen molar-refractivity contribution in [2.45, 2.75) is 46.3 Å². The maximum absolute atomic E-state index is 5.85. The van der Waals surface area contributed by atoms with Crippen molar-refractivity contribution in [3.63, 3.8) is 0 Å². The highest BCUT2D eigenvalue weighted by molar-refractivity contribution is 4.73. The number of ether oxygens (including phenoxy) is 2. The van der Waals surface area contributed by atoms with E-state index in [1.54, 1.807) is 0 Å². The zero-order valence-corrected chi connectivity index (χ0v) is 8.59. The van der Waals surface area contributed by atoms with Crippen LogP contribution in [0.2, 0.25) is 0 Å². The van der Waals surface area contributed by atoms with E-state index in [-0.39, 0.29) is 5.41 Å². The first-order valence-electron chi connectivity index (χ1n) is 4.73. The molecule has 0 aromatic carbocycles. The molecule has 0 saturated carbocycles. The second-order valence-electron chi connectivity index (χ2n) is 4.63. The first-order valence-corrected chi connectivity index (χ1v) is 4.73. The van der Waals surface area contributed by atoms with Gasteiger partial charge in [0.05, 0.1) is 18.8 Å². The molecule has 1 aliphatic rings. The molecule has 0 N–H and O–H groups in total. The van der Waals surface area contributed by atoms with Crippen molar-refractivity contribution in [3.05, 3.63) is 0 Å². The molecule has 2 heteroatoms. The van der Waals surface area contributed by atoms with Crippen molar-refractivity contribution in [2.24, 2.45) is 5.41 Å². The predicted octanol–water partition coefficient (Wildman–Crippen LogP) is 2.23. The molecule has 1 heterocycles. The van der Waals surface area contributed by atoms with E-state index >= 15 is 0 Å². The Labute approximate surface area is 75.2 Å². The first kappa shape index (κ1) is 10.0. The minimum Gasteiger partial charge on any atom is -0.379 e. The lowest BCUT2D eigenvalue weighted by Gasteiger charge is -2.29. The van der Waals surface area contributed by atoms with E-state index in [4.69, 9.17) is 9.47 Å². The van der Waals surface area contributed by atoms with Gasteiger partial charge in [0.2, 0.25) is 0 Å². The molecule has 2 unspecified atom stereocenters. The van der Waals surface area contributed by atoms with Gasteiger partial charge in [-0.25, -0.2) is 0 Å². The van der Waals surface area contributed by atoms with Gasteiger partial charge in [0.1, 0.15) is 0 Å². The molecule has 0 aromatic heterocycles. The number of hydrogen-bond acceptors (Lipinski definition) is 2. The van der Waals surface area contributed by atoms with E-state index in [0.29, 0.717) is 12.2 Å². The van der Waals surface area contributed by atoms with E-state index in [9.17, 15) is 0 Å². The number of hydrogen-bond donors (Lipinski definition) is 0. The molecule has 12 heavy (non-hydrogen) atoms. The summed E-state index contributed by atoms with van der Waals surface area (Å²) in [7, 11) is 0. The summed E-state index contributed by atoms with van der Waals surface area (Å²) in [6, 6.07) is 0. The van der Waals surface area contributed by atoms with Gasteiger partial charge in [-0.15, -0.1) is 0 Å². The summed E-state index contributed by atoms with van der Waals surface area (Å²) in [5, 5.41) is 0. The fourth-order valence-electron chi connectivity index (χ4n) is 1.11. The third-order valence-electron chi connectivity index (χ3n) is 2.50. The highest BCUT2D eigenvalue weighted by Gasteiger charge is 2.26. The molecular weight excluding hydrogens is 152 g/mol. The summed E-state index contributed by atoms with van der Waals surface area (Å²) in [5.41, 5.74) is 0.239. The van der Waals surface area contributed by atoms with Crippen molar-refractivity contribution in [3.8, 4) is 0 Å². The fraction of sp³-hybridized carbons (Fsp3) is 1.00. The van der Waals surface area contributed by atoms with Crippen LogP contribution in [0, 0.1) is 5.41 Å². The van der Waals surface area contributed by atoms with Crippen LogP contribution in [0.15, 0.2) is 0 Å². The molecule has 1 aliphatic heterocycles. The average Bonchev–Trinajstić information content (AvgIpc) is 2.37. The topological polar surface area (TPSA) is 18.5 Å². The van der Waals surface area contributed by atoms with Crippen LogP contribution in [0.3, 0.4) is 0 Å². The summed E-state index contributed by atoms with van der Waals surface area (Å²) in [4.78, 5) is 0. The minimum absolute atomic E-state index is 0.239. The van der Waals surface area contributed by atoms with Crippen LogP contribution in [0.25, 0.3) is 0 Å². The molecule has 1 saturated heterocycles. The number of rotatable bonds is 2. The standard InChI is InChI=1S/C10H20O2/c1-8(10(2,3)4)12-9-5-6-11-7-9/h8-9H,5-7H2,1-4H3. The van der Waals surface area contributed by atoms with Gasteiger partial charge in [0.15, 0.2) is 0 Å². The molecule has 0 spiro atoms. The minimum atomic E-state index is 0.239. The van der Waals surface area contributed by atoms with E-state index in [1.165, 1.54) is 0 Å². The lowest BCUT2D eigenvalue weighted by Crippen LogP contribution is -2.30. The average molecular weight is 172 g/mol. The second kappa shape index (κ2) is 3.75. The monoisotopic (exact) mass is 172 g/mol. The zero-order chi connectivity index (χ0) is 9.19. The first-order chi connectivity index (χ1) is 5.50. The van der Waals surface area contributed by atoms with Crippen LogP contribution in [0.4, 0.5) is 0 Å². The fourth-order valence-corrected chi connectivity index (χ4v) is 1.11. The molecule has 72 valence electrons. The molecule has 2 nitrogen and oxygen atoms in total. The molecule has 1 rings (SSSR count). The van der Waals surface area contributed by atoms with Gasteiger partial charge >= 0.3 is 0 Å². The van der Waals surface area contributed by atoms with E-state index in [1.807, 2.05) is 0 Å². The Balaban J connectivity index is 2.30. The Hall–Kier alpha value is -0.0800. The molecule has 0 aromatic rings. The third kappa shape index (κ3) is 2.76.